The molecule has 4 rings (SSSR count). The number of ketones is 1. The van der Waals surface area contributed by atoms with Gasteiger partial charge in [-0.25, -0.2) is 0 Å². The number of Topliss-reactive ketones (excluding diaryl/α,β-unsaturated/α-hetero) is 1. The van der Waals surface area contributed by atoms with Crippen molar-refractivity contribution in [3.05, 3.63) is 71.8 Å². The van der Waals surface area contributed by atoms with Crippen molar-refractivity contribution in [2.75, 3.05) is 39.5 Å². The third kappa shape index (κ3) is 13.8. The minimum atomic E-state index is -1.02. The van der Waals surface area contributed by atoms with E-state index in [9.17, 15) is 24.0 Å². The molecule has 5 atom stereocenters. The number of rotatable bonds is 20. The van der Waals surface area contributed by atoms with Crippen LogP contribution in [0.2, 0.25) is 0 Å². The highest BCUT2D eigenvalue weighted by atomic mass is 16.6. The second-order valence-electron chi connectivity index (χ2n) is 14.4. The summed E-state index contributed by atoms with van der Waals surface area (Å²) in [6.45, 7) is 10.7. The zero-order chi connectivity index (χ0) is 36.8. The summed E-state index contributed by atoms with van der Waals surface area (Å²) >= 11 is 0. The molecular formula is C39H55N5O7. The molecule has 2 aromatic carbocycles. The first-order valence-corrected chi connectivity index (χ1v) is 18.2. The number of epoxide rings is 1. The lowest BCUT2D eigenvalue weighted by atomic mass is 9.97. The first-order valence-electron chi connectivity index (χ1n) is 18.2. The molecule has 0 radical (unpaired) electrons. The Morgan fingerprint density at radius 2 is 1.20 bits per heavy atom. The average Bonchev–Trinajstić information content (AvgIpc) is 3.95. The Morgan fingerprint density at radius 1 is 0.686 bits per heavy atom. The predicted octanol–water partition coefficient (Wildman–Crippen LogP) is 2.19. The summed E-state index contributed by atoms with van der Waals surface area (Å²) in [4.78, 5) is 69.9. The summed E-state index contributed by atoms with van der Waals surface area (Å²) < 4.78 is 10.6. The van der Waals surface area contributed by atoms with Crippen LogP contribution in [0.3, 0.4) is 0 Å². The molecule has 2 aliphatic heterocycles. The van der Waals surface area contributed by atoms with E-state index in [1.54, 1.807) is 0 Å². The molecule has 4 N–H and O–H groups in total. The number of amides is 4. The number of aryl methyl sites for hydroxylation is 1. The Kier molecular flexibility index (Phi) is 15.6. The van der Waals surface area contributed by atoms with Crippen LogP contribution >= 0.6 is 0 Å². The second kappa shape index (κ2) is 20.0. The number of carbonyl (C=O) groups is 5. The predicted molar refractivity (Wildman–Crippen MR) is 194 cm³/mol. The van der Waals surface area contributed by atoms with Crippen LogP contribution < -0.4 is 21.3 Å². The van der Waals surface area contributed by atoms with Gasteiger partial charge >= 0.3 is 0 Å². The van der Waals surface area contributed by atoms with Crippen LogP contribution in [-0.2, 0) is 46.3 Å². The molecule has 2 heterocycles. The number of morpholine rings is 1. The highest BCUT2D eigenvalue weighted by Crippen LogP contribution is 2.17. The van der Waals surface area contributed by atoms with E-state index in [2.05, 4.69) is 21.3 Å². The van der Waals surface area contributed by atoms with E-state index in [0.29, 0.717) is 58.6 Å². The Labute approximate surface area is 301 Å². The SMILES string of the molecule is CC(C)C[C@H](NC(=O)[C@H](CCc1ccccc1)NC(=O)CN1CCOCC1)C(=O)N[C@@H](Cc1ccccc1)C(=O)N[C@@H](CC(C)C)C(=O)C1CO1. The molecular weight excluding hydrogens is 650 g/mol. The molecule has 0 aliphatic carbocycles. The zero-order valence-corrected chi connectivity index (χ0v) is 30.4. The number of hydrogen-bond acceptors (Lipinski definition) is 8. The van der Waals surface area contributed by atoms with Crippen LogP contribution in [0.4, 0.5) is 0 Å². The molecule has 12 heteroatoms. The summed E-state index contributed by atoms with van der Waals surface area (Å²) in [7, 11) is 0. The second-order valence-corrected chi connectivity index (χ2v) is 14.4. The first kappa shape index (κ1) is 39.7. The van der Waals surface area contributed by atoms with Gasteiger partial charge in [0.15, 0.2) is 5.78 Å². The third-order valence-electron chi connectivity index (χ3n) is 8.96. The first-order chi connectivity index (χ1) is 24.5. The van der Waals surface area contributed by atoms with Crippen molar-refractivity contribution in [3.63, 3.8) is 0 Å². The Balaban J connectivity index is 1.50. The minimum absolute atomic E-state index is 0.0210. The quantitative estimate of drug-likeness (QED) is 0.153. The highest BCUT2D eigenvalue weighted by Gasteiger charge is 2.38. The van der Waals surface area contributed by atoms with E-state index in [4.69, 9.17) is 9.47 Å². The summed E-state index contributed by atoms with van der Waals surface area (Å²) in [5, 5.41) is 11.6. The number of carbonyl (C=O) groups excluding carboxylic acids is 5. The monoisotopic (exact) mass is 705 g/mol. The topological polar surface area (TPSA) is 158 Å². The molecule has 12 nitrogen and oxygen atoms in total. The Morgan fingerprint density at radius 3 is 1.78 bits per heavy atom. The molecule has 2 aliphatic rings. The maximum absolute atomic E-state index is 14.0. The maximum Gasteiger partial charge on any atom is 0.243 e. The van der Waals surface area contributed by atoms with E-state index < -0.39 is 48.0 Å². The van der Waals surface area contributed by atoms with Crippen molar-refractivity contribution in [2.24, 2.45) is 11.8 Å². The van der Waals surface area contributed by atoms with Gasteiger partial charge in [-0.05, 0) is 48.6 Å². The minimum Gasteiger partial charge on any atom is -0.379 e. The van der Waals surface area contributed by atoms with Crippen molar-refractivity contribution in [1.29, 1.82) is 0 Å². The summed E-state index contributed by atoms with van der Waals surface area (Å²) in [6.07, 6.45) is 1.27. The van der Waals surface area contributed by atoms with Gasteiger partial charge in [0, 0.05) is 19.5 Å². The Hall–Kier alpha value is -4.13. The number of nitrogens with zero attached hydrogens (tertiary/aromatic N) is 1. The third-order valence-corrected chi connectivity index (χ3v) is 8.96. The van der Waals surface area contributed by atoms with Crippen molar-refractivity contribution >= 4 is 29.4 Å². The van der Waals surface area contributed by atoms with Gasteiger partial charge in [0.05, 0.1) is 32.4 Å². The van der Waals surface area contributed by atoms with E-state index in [1.807, 2.05) is 93.3 Å². The van der Waals surface area contributed by atoms with Gasteiger partial charge in [-0.2, -0.15) is 0 Å². The number of ether oxygens (including phenoxy) is 2. The Bertz CT molecular complexity index is 1430. The molecule has 0 spiro atoms. The summed E-state index contributed by atoms with van der Waals surface area (Å²) in [5.41, 5.74) is 1.84. The van der Waals surface area contributed by atoms with Gasteiger partial charge in [0.2, 0.25) is 23.6 Å². The zero-order valence-electron chi connectivity index (χ0n) is 30.4. The number of benzene rings is 2. The van der Waals surface area contributed by atoms with Crippen molar-refractivity contribution in [2.45, 2.75) is 90.1 Å². The van der Waals surface area contributed by atoms with Crippen LogP contribution in [0, 0.1) is 11.8 Å². The molecule has 278 valence electrons. The number of hydrogen-bond donors (Lipinski definition) is 4. The fourth-order valence-electron chi connectivity index (χ4n) is 6.16. The molecule has 0 bridgehead atoms. The maximum atomic E-state index is 14.0. The molecule has 2 fully saturated rings. The smallest absolute Gasteiger partial charge is 0.243 e. The van der Waals surface area contributed by atoms with Gasteiger partial charge in [-0.1, -0.05) is 88.4 Å². The lowest BCUT2D eigenvalue weighted by Gasteiger charge is -2.28. The van der Waals surface area contributed by atoms with Crippen molar-refractivity contribution in [1.82, 2.24) is 26.2 Å². The van der Waals surface area contributed by atoms with Crippen LogP contribution in [0.15, 0.2) is 60.7 Å². The van der Waals surface area contributed by atoms with Crippen molar-refractivity contribution < 1.29 is 33.4 Å². The molecule has 4 amide bonds. The van der Waals surface area contributed by atoms with E-state index in [0.717, 1.165) is 11.1 Å². The summed E-state index contributed by atoms with van der Waals surface area (Å²) in [6, 6.07) is 15.4. The van der Waals surface area contributed by atoms with E-state index >= 15 is 0 Å². The molecule has 0 saturated carbocycles. The average molecular weight is 706 g/mol. The van der Waals surface area contributed by atoms with E-state index in [1.165, 1.54) is 0 Å². The normalized spacial score (nSPS) is 18.3. The molecule has 1 unspecified atom stereocenters. The molecule has 2 saturated heterocycles. The van der Waals surface area contributed by atoms with Gasteiger partial charge in [-0.15, -0.1) is 0 Å². The molecule has 2 aromatic rings. The summed E-state index contributed by atoms with van der Waals surface area (Å²) in [5.74, 6) is -1.79. The number of nitrogens with one attached hydrogen (secondary N) is 4. The lowest BCUT2D eigenvalue weighted by Crippen LogP contribution is -2.59. The van der Waals surface area contributed by atoms with Gasteiger partial charge in [-0.3, -0.25) is 28.9 Å². The fourth-order valence-corrected chi connectivity index (χ4v) is 6.16. The van der Waals surface area contributed by atoms with Crippen molar-refractivity contribution in [3.8, 4) is 0 Å². The van der Waals surface area contributed by atoms with Gasteiger partial charge < -0.3 is 30.7 Å². The molecule has 51 heavy (non-hydrogen) atoms. The van der Waals surface area contributed by atoms with Crippen LogP contribution in [-0.4, -0.2) is 104 Å². The van der Waals surface area contributed by atoms with Crippen LogP contribution in [0.25, 0.3) is 0 Å². The van der Waals surface area contributed by atoms with Crippen LogP contribution in [0.1, 0.15) is 58.1 Å². The fraction of sp³-hybridized carbons (Fsp3) is 0.564. The van der Waals surface area contributed by atoms with E-state index in [-0.39, 0.29) is 36.5 Å². The van der Waals surface area contributed by atoms with Gasteiger partial charge in [0.25, 0.3) is 0 Å². The highest BCUT2D eigenvalue weighted by molar-refractivity contribution is 5.97. The van der Waals surface area contributed by atoms with Gasteiger partial charge in [0.1, 0.15) is 24.2 Å². The largest absolute Gasteiger partial charge is 0.379 e. The lowest BCUT2D eigenvalue weighted by molar-refractivity contribution is -0.135. The van der Waals surface area contributed by atoms with Crippen LogP contribution in [0.5, 0.6) is 0 Å². The standard InChI is InChI=1S/C39H55N5O7/c1-26(2)21-31(36(46)34-25-51-34)41-39(49)33(23-29-13-9-6-10-14-29)43-38(48)32(22-27(3)4)42-37(47)30(16-15-28-11-7-5-8-12-28)40-35(45)24-44-17-19-50-20-18-44/h5-14,26-27,30-34H,15-25H2,1-4H3,(H,40,45)(H,41,49)(H,42,47)(H,43,48)/t30-,31-,32-,33-,34?/m0/s1. The molecule has 0 aromatic heterocycles.